The number of hydrogen-bond acceptors (Lipinski definition) is 4. The maximum atomic E-state index is 10.1. The first-order chi connectivity index (χ1) is 36.5. The van der Waals surface area contributed by atoms with E-state index in [1.807, 2.05) is 97.1 Å². The standard InChI is InChI=1S/C66H38N8/c1-68-50-18-12-15-45(37-50)43-28-30-44(31-29-43)64-70-65(48-32-34-62(56(39-48)46-16-11-14-42(36-46)41-67)73-58-24-7-3-20-52(58)53-21-4-8-25-59(53)73)72-66(71-64)49-33-35-63(57(40-49)47-17-13-19-51(38-47)69-2)74-60-26-9-5-22-54(60)55-23-6-10-27-61(55)74/h3-40H. The van der Waals surface area contributed by atoms with Crippen LogP contribution >= 0.6 is 0 Å². The van der Waals surface area contributed by atoms with Gasteiger partial charge in [0.15, 0.2) is 28.8 Å². The number of nitrogens with zero attached hydrogens (tertiary/aromatic N) is 8. The summed E-state index contributed by atoms with van der Waals surface area (Å²) in [6.45, 7) is 15.6. The van der Waals surface area contributed by atoms with E-state index < -0.39 is 0 Å². The molecule has 0 bridgehead atoms. The zero-order valence-electron chi connectivity index (χ0n) is 39.5. The first kappa shape index (κ1) is 43.3. The average molecular weight is 943 g/mol. The summed E-state index contributed by atoms with van der Waals surface area (Å²) >= 11 is 0. The van der Waals surface area contributed by atoms with Crippen molar-refractivity contribution in [2.45, 2.75) is 0 Å². The molecule has 0 radical (unpaired) electrons. The summed E-state index contributed by atoms with van der Waals surface area (Å²) in [5, 5.41) is 14.7. The van der Waals surface area contributed by atoms with Gasteiger partial charge in [0, 0.05) is 49.4 Å². The first-order valence-electron chi connectivity index (χ1n) is 24.1. The molecule has 13 rings (SSSR count). The highest BCUT2D eigenvalue weighted by atomic mass is 15.0. The summed E-state index contributed by atoms with van der Waals surface area (Å²) in [6, 6.07) is 79.9. The summed E-state index contributed by atoms with van der Waals surface area (Å²) in [5.41, 5.74) is 15.6. The summed E-state index contributed by atoms with van der Waals surface area (Å²) < 4.78 is 4.60. The molecule has 74 heavy (non-hydrogen) atoms. The fourth-order valence-corrected chi connectivity index (χ4v) is 10.4. The van der Waals surface area contributed by atoms with Crippen molar-refractivity contribution in [3.05, 3.63) is 259 Å². The Labute approximate surface area is 426 Å². The number of fused-ring (bicyclic) bond motifs is 6. The Morgan fingerprint density at radius 3 is 1.18 bits per heavy atom. The molecule has 0 spiro atoms. The molecule has 3 aromatic heterocycles. The highest BCUT2D eigenvalue weighted by Gasteiger charge is 2.22. The number of para-hydroxylation sites is 4. The van der Waals surface area contributed by atoms with E-state index in [-0.39, 0.29) is 0 Å². The average Bonchev–Trinajstić information content (AvgIpc) is 4.01. The highest BCUT2D eigenvalue weighted by Crippen LogP contribution is 2.41. The van der Waals surface area contributed by atoms with Gasteiger partial charge in [-0.3, -0.25) is 0 Å². The van der Waals surface area contributed by atoms with Crippen molar-refractivity contribution in [1.29, 1.82) is 5.26 Å². The van der Waals surface area contributed by atoms with Gasteiger partial charge in [-0.1, -0.05) is 146 Å². The lowest BCUT2D eigenvalue weighted by molar-refractivity contribution is 1.07. The van der Waals surface area contributed by atoms with E-state index in [1.165, 1.54) is 0 Å². The van der Waals surface area contributed by atoms with Crippen LogP contribution in [0.1, 0.15) is 5.56 Å². The predicted octanol–water partition coefficient (Wildman–Crippen LogP) is 17.0. The Morgan fingerprint density at radius 2 is 0.716 bits per heavy atom. The van der Waals surface area contributed by atoms with Crippen LogP contribution in [0.15, 0.2) is 231 Å². The van der Waals surface area contributed by atoms with Crippen LogP contribution in [0.4, 0.5) is 11.4 Å². The minimum atomic E-state index is 0.466. The number of hydrogen-bond donors (Lipinski definition) is 0. The van der Waals surface area contributed by atoms with Crippen molar-refractivity contribution in [3.8, 4) is 85.0 Å². The third kappa shape index (κ3) is 7.42. The van der Waals surface area contributed by atoms with E-state index >= 15 is 0 Å². The van der Waals surface area contributed by atoms with E-state index in [9.17, 15) is 5.26 Å². The van der Waals surface area contributed by atoms with Crippen molar-refractivity contribution >= 4 is 55.0 Å². The second kappa shape index (κ2) is 17.9. The molecule has 8 nitrogen and oxygen atoms in total. The summed E-state index contributed by atoms with van der Waals surface area (Å²) in [5.74, 6) is 1.41. The number of benzene rings is 10. The topological polar surface area (TPSA) is 81.0 Å². The van der Waals surface area contributed by atoms with Gasteiger partial charge >= 0.3 is 0 Å². The normalized spacial score (nSPS) is 11.2. The maximum Gasteiger partial charge on any atom is 0.187 e. The molecule has 10 aromatic carbocycles. The molecule has 8 heteroatoms. The number of rotatable bonds is 8. The van der Waals surface area contributed by atoms with Gasteiger partial charge in [0.25, 0.3) is 0 Å². The molecule has 0 saturated heterocycles. The van der Waals surface area contributed by atoms with Crippen LogP contribution in [0.3, 0.4) is 0 Å². The van der Waals surface area contributed by atoms with Crippen LogP contribution in [-0.2, 0) is 0 Å². The summed E-state index contributed by atoms with van der Waals surface area (Å²) in [6.07, 6.45) is 0. The van der Waals surface area contributed by atoms with Crippen LogP contribution in [0.2, 0.25) is 0 Å². The first-order valence-corrected chi connectivity index (χ1v) is 24.1. The number of nitriles is 1. The molecule has 342 valence electrons. The zero-order valence-corrected chi connectivity index (χ0v) is 39.5. The Morgan fingerprint density at radius 1 is 0.338 bits per heavy atom. The molecule has 0 atom stereocenters. The van der Waals surface area contributed by atoms with E-state index in [4.69, 9.17) is 28.1 Å². The van der Waals surface area contributed by atoms with E-state index in [0.29, 0.717) is 34.4 Å². The summed E-state index contributed by atoms with van der Waals surface area (Å²) in [7, 11) is 0. The molecule has 13 aromatic rings. The monoisotopic (exact) mass is 942 g/mol. The minimum Gasteiger partial charge on any atom is -0.309 e. The molecular weight excluding hydrogens is 905 g/mol. The molecular formula is C66H38N8. The summed E-state index contributed by atoms with van der Waals surface area (Å²) in [4.78, 5) is 23.3. The lowest BCUT2D eigenvalue weighted by Gasteiger charge is -2.17. The zero-order chi connectivity index (χ0) is 49.7. The molecule has 0 unspecified atom stereocenters. The van der Waals surface area contributed by atoms with Crippen LogP contribution in [0.5, 0.6) is 0 Å². The smallest absolute Gasteiger partial charge is 0.187 e. The molecule has 0 aliphatic heterocycles. The van der Waals surface area contributed by atoms with Gasteiger partial charge in [-0.2, -0.15) is 5.26 Å². The van der Waals surface area contributed by atoms with Crippen molar-refractivity contribution in [2.24, 2.45) is 0 Å². The fourth-order valence-electron chi connectivity index (χ4n) is 10.4. The molecule has 0 saturated carbocycles. The van der Waals surface area contributed by atoms with Gasteiger partial charge in [0.05, 0.1) is 58.2 Å². The predicted molar refractivity (Wildman–Crippen MR) is 298 cm³/mol. The van der Waals surface area contributed by atoms with Crippen molar-refractivity contribution in [1.82, 2.24) is 24.1 Å². The van der Waals surface area contributed by atoms with Gasteiger partial charge in [-0.05, 0) is 107 Å². The molecule has 0 aliphatic carbocycles. The number of aromatic nitrogens is 5. The molecule has 0 N–H and O–H groups in total. The molecule has 0 amide bonds. The fraction of sp³-hybridized carbons (Fsp3) is 0. The Bertz CT molecular complexity index is 4190. The van der Waals surface area contributed by atoms with Gasteiger partial charge in [-0.25, -0.2) is 24.6 Å². The second-order valence-corrected chi connectivity index (χ2v) is 18.1. The van der Waals surface area contributed by atoms with Crippen molar-refractivity contribution < 1.29 is 0 Å². The molecule has 0 aliphatic rings. The van der Waals surface area contributed by atoms with E-state index in [2.05, 4.69) is 158 Å². The van der Waals surface area contributed by atoms with Gasteiger partial charge in [0.2, 0.25) is 0 Å². The molecule has 0 fully saturated rings. The lowest BCUT2D eigenvalue weighted by Crippen LogP contribution is -2.03. The van der Waals surface area contributed by atoms with Crippen molar-refractivity contribution in [3.63, 3.8) is 0 Å². The Hall–Kier alpha value is -10.7. The minimum absolute atomic E-state index is 0.466. The van der Waals surface area contributed by atoms with Crippen LogP contribution < -0.4 is 0 Å². The molecule has 3 heterocycles. The maximum absolute atomic E-state index is 10.1. The Balaban J connectivity index is 1.04. The van der Waals surface area contributed by atoms with Gasteiger partial charge in [-0.15, -0.1) is 0 Å². The highest BCUT2D eigenvalue weighted by molar-refractivity contribution is 6.11. The van der Waals surface area contributed by atoms with E-state index in [0.717, 1.165) is 105 Å². The van der Waals surface area contributed by atoms with Crippen LogP contribution in [0, 0.1) is 24.5 Å². The van der Waals surface area contributed by atoms with Crippen molar-refractivity contribution in [2.75, 3.05) is 0 Å². The largest absolute Gasteiger partial charge is 0.309 e. The van der Waals surface area contributed by atoms with Gasteiger partial charge in [0.1, 0.15) is 0 Å². The third-order valence-corrected chi connectivity index (χ3v) is 13.8. The van der Waals surface area contributed by atoms with Crippen LogP contribution in [0.25, 0.3) is 132 Å². The van der Waals surface area contributed by atoms with Crippen LogP contribution in [-0.4, -0.2) is 24.1 Å². The quantitative estimate of drug-likeness (QED) is 0.142. The van der Waals surface area contributed by atoms with Gasteiger partial charge < -0.3 is 9.13 Å². The lowest BCUT2D eigenvalue weighted by atomic mass is 9.98. The van der Waals surface area contributed by atoms with E-state index in [1.54, 1.807) is 0 Å². The third-order valence-electron chi connectivity index (χ3n) is 13.8. The Kier molecular flexibility index (Phi) is 10.5. The SMILES string of the molecule is [C-]#[N+]c1cccc(-c2ccc(-c3nc(-c4ccc(-n5c6ccccc6c6ccccc65)c(-c5cccc(C#N)c5)c4)nc(-c4ccc(-n5c6ccccc6c6ccccc65)c(-c5cccc([N+]#[C-])c5)c4)n3)cc2)c1. The second-order valence-electron chi connectivity index (χ2n) is 18.1.